The quantitative estimate of drug-likeness (QED) is 0.661. The predicted octanol–water partition coefficient (Wildman–Crippen LogP) is 1.05. The van der Waals surface area contributed by atoms with Gasteiger partial charge in [-0.05, 0) is 13.3 Å². The molecule has 1 aliphatic rings. The zero-order valence-electron chi connectivity index (χ0n) is 15.3. The first-order chi connectivity index (χ1) is 10.9. The summed E-state index contributed by atoms with van der Waals surface area (Å²) in [6.07, 6.45) is -0.824. The van der Waals surface area contributed by atoms with Crippen molar-refractivity contribution in [3.8, 4) is 0 Å². The Morgan fingerprint density at radius 3 is 2.26 bits per heavy atom. The maximum absolute atomic E-state index is 11.9. The molecule has 0 unspecified atom stereocenters. The van der Waals surface area contributed by atoms with Crippen LogP contribution in [0.1, 0.15) is 27.2 Å². The fraction of sp³-hybridized carbons (Fsp3) is 0.938. The Bertz CT molecular complexity index is 366. The highest BCUT2D eigenvalue weighted by Crippen LogP contribution is 2.30. The van der Waals surface area contributed by atoms with Gasteiger partial charge in [-0.3, -0.25) is 4.79 Å². The molecule has 1 amide bonds. The largest absolute Gasteiger partial charge is 0.382 e. The average molecular weight is 333 g/mol. The number of ether oxygens (including phenoxy) is 5. The molecule has 1 rings (SSSR count). The van der Waals surface area contributed by atoms with Gasteiger partial charge in [0, 0.05) is 35.3 Å². The lowest BCUT2D eigenvalue weighted by atomic mass is 9.95. The van der Waals surface area contributed by atoms with Gasteiger partial charge in [-0.25, -0.2) is 0 Å². The van der Waals surface area contributed by atoms with Crippen molar-refractivity contribution in [2.75, 3.05) is 35.0 Å². The molecule has 1 saturated heterocycles. The number of hydrogen-bond donors (Lipinski definition) is 0. The van der Waals surface area contributed by atoms with Gasteiger partial charge in [0.25, 0.3) is 0 Å². The second-order valence-corrected chi connectivity index (χ2v) is 5.87. The number of carbonyl (C=O) groups excluding carboxylic acids is 1. The van der Waals surface area contributed by atoms with E-state index in [1.807, 2.05) is 13.8 Å². The molecule has 23 heavy (non-hydrogen) atoms. The molecule has 0 aliphatic carbocycles. The molecule has 7 heteroatoms. The first-order valence-electron chi connectivity index (χ1n) is 8.00. The van der Waals surface area contributed by atoms with Gasteiger partial charge >= 0.3 is 0 Å². The number of methoxy groups -OCH3 is 3. The van der Waals surface area contributed by atoms with Crippen molar-refractivity contribution in [1.29, 1.82) is 0 Å². The van der Waals surface area contributed by atoms with Crippen LogP contribution in [0.3, 0.4) is 0 Å². The van der Waals surface area contributed by atoms with Gasteiger partial charge in [0.2, 0.25) is 5.91 Å². The summed E-state index contributed by atoms with van der Waals surface area (Å²) in [5.41, 5.74) is 0. The summed E-state index contributed by atoms with van der Waals surface area (Å²) in [4.78, 5) is 13.5. The van der Waals surface area contributed by atoms with Crippen LogP contribution in [-0.2, 0) is 28.5 Å². The van der Waals surface area contributed by atoms with E-state index < -0.39 is 12.3 Å². The molecule has 0 spiro atoms. The SMILES string of the molecule is CC[C@H](C)O[C@@H]1O[C@H](COC)[C@@H](OC)[C@H](OC)[C@H]1N(C)C(C)=O. The molecule has 7 nitrogen and oxygen atoms in total. The number of nitrogens with zero attached hydrogens (tertiary/aromatic N) is 1. The molecular formula is C16H31NO6. The van der Waals surface area contributed by atoms with Gasteiger partial charge in [0.15, 0.2) is 6.29 Å². The van der Waals surface area contributed by atoms with Crippen molar-refractivity contribution in [3.05, 3.63) is 0 Å². The fourth-order valence-corrected chi connectivity index (χ4v) is 2.80. The van der Waals surface area contributed by atoms with Crippen molar-refractivity contribution < 1.29 is 28.5 Å². The Morgan fingerprint density at radius 1 is 1.22 bits per heavy atom. The van der Waals surface area contributed by atoms with E-state index in [0.29, 0.717) is 6.61 Å². The number of amides is 1. The molecule has 136 valence electrons. The van der Waals surface area contributed by atoms with E-state index in [1.165, 1.54) is 6.92 Å². The van der Waals surface area contributed by atoms with Gasteiger partial charge in [0.05, 0.1) is 12.7 Å². The molecule has 6 atom stereocenters. The number of likely N-dealkylation sites (N-methyl/N-ethyl adjacent to an activating group) is 1. The van der Waals surface area contributed by atoms with Gasteiger partial charge in [-0.15, -0.1) is 0 Å². The molecule has 0 aromatic rings. The molecule has 0 radical (unpaired) electrons. The second kappa shape index (κ2) is 9.54. The Balaban J connectivity index is 3.12. The van der Waals surface area contributed by atoms with Crippen molar-refractivity contribution in [2.24, 2.45) is 0 Å². The van der Waals surface area contributed by atoms with Crippen LogP contribution in [-0.4, -0.2) is 82.5 Å². The van der Waals surface area contributed by atoms with E-state index >= 15 is 0 Å². The van der Waals surface area contributed by atoms with Crippen LogP contribution < -0.4 is 0 Å². The highest BCUT2D eigenvalue weighted by molar-refractivity contribution is 5.73. The van der Waals surface area contributed by atoms with E-state index in [0.717, 1.165) is 6.42 Å². The third kappa shape index (κ3) is 4.87. The Hall–Kier alpha value is -0.730. The van der Waals surface area contributed by atoms with Crippen molar-refractivity contribution >= 4 is 5.91 Å². The molecule has 0 aromatic heterocycles. The van der Waals surface area contributed by atoms with Crippen molar-refractivity contribution in [1.82, 2.24) is 4.90 Å². The lowest BCUT2D eigenvalue weighted by Gasteiger charge is -2.48. The molecule has 0 bridgehead atoms. The van der Waals surface area contributed by atoms with Crippen LogP contribution >= 0.6 is 0 Å². The third-order valence-corrected chi connectivity index (χ3v) is 4.38. The highest BCUT2D eigenvalue weighted by Gasteiger charge is 2.49. The van der Waals surface area contributed by atoms with E-state index in [4.69, 9.17) is 23.7 Å². The lowest BCUT2D eigenvalue weighted by Crippen LogP contribution is -2.66. The molecular weight excluding hydrogens is 302 g/mol. The van der Waals surface area contributed by atoms with Gasteiger partial charge in [0.1, 0.15) is 24.4 Å². The molecule has 0 aromatic carbocycles. The zero-order valence-corrected chi connectivity index (χ0v) is 15.3. The van der Waals surface area contributed by atoms with Crippen LogP contribution in [0.15, 0.2) is 0 Å². The standard InChI is InChI=1S/C16H31NO6/c1-8-10(2)22-16-13(17(4)11(3)18)15(21-7)14(20-6)12(23-16)9-19-5/h10,12-16H,8-9H2,1-7H3/t10-,12+,13+,14+,15+,16+/m0/s1. The molecule has 0 N–H and O–H groups in total. The Kier molecular flexibility index (Phi) is 8.42. The van der Waals surface area contributed by atoms with Crippen LogP contribution in [0.5, 0.6) is 0 Å². The number of hydrogen-bond acceptors (Lipinski definition) is 6. The van der Waals surface area contributed by atoms with Crippen LogP contribution in [0.2, 0.25) is 0 Å². The third-order valence-electron chi connectivity index (χ3n) is 4.38. The van der Waals surface area contributed by atoms with Crippen LogP contribution in [0.4, 0.5) is 0 Å². The minimum absolute atomic E-state index is 0.00246. The van der Waals surface area contributed by atoms with Crippen molar-refractivity contribution in [3.63, 3.8) is 0 Å². The van der Waals surface area contributed by atoms with E-state index in [1.54, 1.807) is 33.3 Å². The monoisotopic (exact) mass is 333 g/mol. The maximum atomic E-state index is 11.9. The molecule has 1 aliphatic heterocycles. The summed E-state index contributed by atoms with van der Waals surface area (Å²) in [5.74, 6) is -0.0848. The predicted molar refractivity (Wildman–Crippen MR) is 85.2 cm³/mol. The number of rotatable bonds is 8. The van der Waals surface area contributed by atoms with Crippen LogP contribution in [0, 0.1) is 0 Å². The normalized spacial score (nSPS) is 32.6. The smallest absolute Gasteiger partial charge is 0.219 e. The first-order valence-corrected chi connectivity index (χ1v) is 8.00. The maximum Gasteiger partial charge on any atom is 0.219 e. The Morgan fingerprint density at radius 2 is 1.83 bits per heavy atom. The fourth-order valence-electron chi connectivity index (χ4n) is 2.80. The first kappa shape index (κ1) is 20.3. The second-order valence-electron chi connectivity index (χ2n) is 5.87. The van der Waals surface area contributed by atoms with Gasteiger partial charge < -0.3 is 28.6 Å². The molecule has 0 saturated carbocycles. The highest BCUT2D eigenvalue weighted by atomic mass is 16.7. The van der Waals surface area contributed by atoms with E-state index in [-0.39, 0.29) is 30.3 Å². The summed E-state index contributed by atoms with van der Waals surface area (Å²) in [7, 11) is 6.53. The summed E-state index contributed by atoms with van der Waals surface area (Å²) in [6, 6.07) is -0.399. The minimum atomic E-state index is -0.602. The van der Waals surface area contributed by atoms with E-state index in [2.05, 4.69) is 0 Å². The average Bonchev–Trinajstić information content (AvgIpc) is 2.53. The topological polar surface area (TPSA) is 66.5 Å². The Labute approximate surface area is 139 Å². The minimum Gasteiger partial charge on any atom is -0.382 e. The summed E-state index contributed by atoms with van der Waals surface area (Å²) in [6.45, 7) is 5.88. The van der Waals surface area contributed by atoms with Gasteiger partial charge in [-0.2, -0.15) is 0 Å². The zero-order chi connectivity index (χ0) is 17.6. The van der Waals surface area contributed by atoms with E-state index in [9.17, 15) is 4.79 Å². The van der Waals surface area contributed by atoms with Crippen molar-refractivity contribution in [2.45, 2.75) is 63.9 Å². The summed E-state index contributed by atoms with van der Waals surface area (Å²) in [5, 5.41) is 0. The molecule has 1 heterocycles. The lowest BCUT2D eigenvalue weighted by molar-refractivity contribution is -0.300. The summed E-state index contributed by atoms with van der Waals surface area (Å²) >= 11 is 0. The van der Waals surface area contributed by atoms with Crippen LogP contribution in [0.25, 0.3) is 0 Å². The van der Waals surface area contributed by atoms with Gasteiger partial charge in [-0.1, -0.05) is 6.92 Å². The number of carbonyl (C=O) groups is 1. The summed E-state index contributed by atoms with van der Waals surface area (Å²) < 4.78 is 28.6. The molecule has 1 fully saturated rings.